The van der Waals surface area contributed by atoms with E-state index in [1.807, 2.05) is 19.1 Å². The van der Waals surface area contributed by atoms with Crippen molar-refractivity contribution in [1.82, 2.24) is 0 Å². The zero-order valence-corrected chi connectivity index (χ0v) is 14.2. The molecule has 116 valence electrons. The highest BCUT2D eigenvalue weighted by molar-refractivity contribution is 9.10. The molecule has 0 radical (unpaired) electrons. The minimum atomic E-state index is -1.31. The normalized spacial score (nSPS) is 15.6. The van der Waals surface area contributed by atoms with Crippen molar-refractivity contribution in [2.75, 3.05) is 0 Å². The molecule has 2 aromatic rings. The fourth-order valence-corrected chi connectivity index (χ4v) is 3.43. The van der Waals surface area contributed by atoms with Gasteiger partial charge in [0.1, 0.15) is 0 Å². The van der Waals surface area contributed by atoms with E-state index in [4.69, 9.17) is 0 Å². The van der Waals surface area contributed by atoms with E-state index in [-0.39, 0.29) is 30.2 Å². The average Bonchev–Trinajstić information content (AvgIpc) is 2.76. The van der Waals surface area contributed by atoms with Gasteiger partial charge >= 0.3 is 0 Å². The molecule has 0 unspecified atom stereocenters. The van der Waals surface area contributed by atoms with Crippen molar-refractivity contribution in [2.24, 2.45) is 0 Å². The van der Waals surface area contributed by atoms with Crippen LogP contribution in [0.1, 0.15) is 49.5 Å². The lowest BCUT2D eigenvalue weighted by Gasteiger charge is -2.17. The number of hydrogen-bond acceptors (Lipinski definition) is 3. The Balaban J connectivity index is 1.78. The van der Waals surface area contributed by atoms with Crippen molar-refractivity contribution < 1.29 is 14.4 Å². The maximum absolute atomic E-state index is 12.5. The molecular weight excluding hydrogens is 356 g/mol. The van der Waals surface area contributed by atoms with Crippen LogP contribution in [0, 0.1) is 6.92 Å². The second kappa shape index (κ2) is 5.85. The molecule has 0 heterocycles. The maximum Gasteiger partial charge on any atom is 0.188 e. The van der Waals surface area contributed by atoms with Crippen LogP contribution in [0.25, 0.3) is 0 Å². The van der Waals surface area contributed by atoms with Gasteiger partial charge in [0.05, 0.1) is 0 Å². The summed E-state index contributed by atoms with van der Waals surface area (Å²) in [6.45, 7) is 1.95. The van der Waals surface area contributed by atoms with E-state index in [0.29, 0.717) is 16.7 Å². The molecule has 0 saturated carbocycles. The molecule has 0 aromatic heterocycles. The van der Waals surface area contributed by atoms with E-state index in [1.54, 1.807) is 36.4 Å². The van der Waals surface area contributed by atoms with Gasteiger partial charge < -0.3 is 0 Å². The molecule has 1 aliphatic carbocycles. The molecule has 0 saturated heterocycles. The number of fused-ring (bicyclic) bond motifs is 1. The van der Waals surface area contributed by atoms with Gasteiger partial charge in [0, 0.05) is 23.1 Å². The number of carbonyl (C=O) groups excluding carboxylic acids is 3. The Morgan fingerprint density at radius 1 is 0.957 bits per heavy atom. The summed E-state index contributed by atoms with van der Waals surface area (Å²) in [5, 5.41) is 0. The molecule has 3 nitrogen and oxygen atoms in total. The van der Waals surface area contributed by atoms with Crippen LogP contribution in [-0.4, -0.2) is 21.7 Å². The zero-order chi connectivity index (χ0) is 16.6. The molecule has 0 N–H and O–H groups in total. The molecule has 4 heteroatoms. The zero-order valence-electron chi connectivity index (χ0n) is 12.6. The van der Waals surface area contributed by atoms with Crippen molar-refractivity contribution in [3.63, 3.8) is 0 Å². The highest BCUT2D eigenvalue weighted by atomic mass is 79.9. The summed E-state index contributed by atoms with van der Waals surface area (Å²) in [7, 11) is 0. The Kier molecular flexibility index (Phi) is 4.02. The molecule has 0 aliphatic heterocycles. The molecule has 2 aromatic carbocycles. The Labute approximate surface area is 142 Å². The third-order valence-corrected chi connectivity index (χ3v) is 5.32. The molecule has 0 amide bonds. The smallest absolute Gasteiger partial charge is 0.188 e. The summed E-state index contributed by atoms with van der Waals surface area (Å²) in [6.07, 6.45) is 0.297. The SMILES string of the molecule is Cc1ccc(C(=O)CCC2(Br)C(=O)c3ccccc3C2=O)cc1. The Hall–Kier alpha value is -2.07. The first-order valence-electron chi connectivity index (χ1n) is 7.41. The fraction of sp³-hybridized carbons (Fsp3) is 0.211. The molecule has 0 atom stereocenters. The standard InChI is InChI=1S/C19H15BrO3/c1-12-6-8-13(9-7-12)16(21)10-11-19(20)17(22)14-4-2-3-5-15(14)18(19)23/h2-9H,10-11H2,1H3. The van der Waals surface area contributed by atoms with Gasteiger partial charge in [-0.1, -0.05) is 70.0 Å². The highest BCUT2D eigenvalue weighted by Gasteiger charge is 2.50. The topological polar surface area (TPSA) is 51.2 Å². The first-order chi connectivity index (χ1) is 10.9. The van der Waals surface area contributed by atoms with Crippen LogP contribution in [-0.2, 0) is 0 Å². The quantitative estimate of drug-likeness (QED) is 0.461. The van der Waals surface area contributed by atoms with Crippen LogP contribution in [0.4, 0.5) is 0 Å². The third kappa shape index (κ3) is 2.68. The second-order valence-electron chi connectivity index (χ2n) is 5.79. The average molecular weight is 371 g/mol. The number of halogens is 1. The van der Waals surface area contributed by atoms with Gasteiger partial charge in [-0.25, -0.2) is 0 Å². The summed E-state index contributed by atoms with van der Waals surface area (Å²) in [5.74, 6) is -0.579. The van der Waals surface area contributed by atoms with Gasteiger partial charge in [0.2, 0.25) is 0 Å². The van der Waals surface area contributed by atoms with Crippen molar-refractivity contribution >= 4 is 33.3 Å². The van der Waals surface area contributed by atoms with Gasteiger partial charge in [0.15, 0.2) is 21.7 Å². The number of hydrogen-bond donors (Lipinski definition) is 0. The molecule has 1 aliphatic rings. The van der Waals surface area contributed by atoms with Crippen molar-refractivity contribution in [1.29, 1.82) is 0 Å². The monoisotopic (exact) mass is 370 g/mol. The highest BCUT2D eigenvalue weighted by Crippen LogP contribution is 2.40. The number of carbonyl (C=O) groups is 3. The lowest BCUT2D eigenvalue weighted by molar-refractivity contribution is 0.0858. The van der Waals surface area contributed by atoms with Crippen LogP contribution < -0.4 is 0 Å². The van der Waals surface area contributed by atoms with Gasteiger partial charge in [-0.15, -0.1) is 0 Å². The summed E-state index contributed by atoms with van der Waals surface area (Å²) in [5.41, 5.74) is 2.53. The first-order valence-corrected chi connectivity index (χ1v) is 8.20. The van der Waals surface area contributed by atoms with Gasteiger partial charge in [-0.05, 0) is 13.3 Å². The summed E-state index contributed by atoms with van der Waals surface area (Å²) < 4.78 is -1.31. The van der Waals surface area contributed by atoms with Crippen LogP contribution in [0.2, 0.25) is 0 Å². The Bertz CT molecular complexity index is 771. The number of benzene rings is 2. The molecule has 0 fully saturated rings. The van der Waals surface area contributed by atoms with Crippen LogP contribution >= 0.6 is 15.9 Å². The fourth-order valence-electron chi connectivity index (χ4n) is 2.81. The number of Topliss-reactive ketones (excluding diaryl/α,β-unsaturated/α-hetero) is 3. The van der Waals surface area contributed by atoms with Crippen molar-refractivity contribution in [3.05, 3.63) is 70.8 Å². The van der Waals surface area contributed by atoms with Crippen molar-refractivity contribution in [2.45, 2.75) is 24.1 Å². The summed E-state index contributed by atoms with van der Waals surface area (Å²) in [6, 6.07) is 14.1. The summed E-state index contributed by atoms with van der Waals surface area (Å²) in [4.78, 5) is 37.4. The van der Waals surface area contributed by atoms with E-state index in [0.717, 1.165) is 5.56 Å². The number of alkyl halides is 1. The van der Waals surface area contributed by atoms with Crippen molar-refractivity contribution in [3.8, 4) is 0 Å². The Morgan fingerprint density at radius 2 is 1.48 bits per heavy atom. The molecule has 3 rings (SSSR count). The lowest BCUT2D eigenvalue weighted by Crippen LogP contribution is -2.34. The van der Waals surface area contributed by atoms with E-state index in [2.05, 4.69) is 15.9 Å². The molecule has 0 spiro atoms. The summed E-state index contributed by atoms with van der Waals surface area (Å²) >= 11 is 3.32. The number of rotatable bonds is 4. The predicted octanol–water partition coefficient (Wildman–Crippen LogP) is 4.17. The Morgan fingerprint density at radius 3 is 2.00 bits per heavy atom. The van der Waals surface area contributed by atoms with Crippen LogP contribution in [0.15, 0.2) is 48.5 Å². The number of aryl methyl sites for hydroxylation is 1. The molecule has 23 heavy (non-hydrogen) atoms. The number of ketones is 3. The van der Waals surface area contributed by atoms with E-state index in [9.17, 15) is 14.4 Å². The van der Waals surface area contributed by atoms with E-state index in [1.165, 1.54) is 0 Å². The lowest BCUT2D eigenvalue weighted by atomic mass is 9.94. The predicted molar refractivity (Wildman–Crippen MR) is 91.5 cm³/mol. The minimum absolute atomic E-state index is 0.0691. The van der Waals surface area contributed by atoms with Gasteiger partial charge in [-0.3, -0.25) is 14.4 Å². The van der Waals surface area contributed by atoms with E-state index >= 15 is 0 Å². The van der Waals surface area contributed by atoms with Crippen LogP contribution in [0.3, 0.4) is 0 Å². The molecular formula is C19H15BrO3. The van der Waals surface area contributed by atoms with Gasteiger partial charge in [-0.2, -0.15) is 0 Å². The maximum atomic E-state index is 12.5. The molecule has 0 bridgehead atoms. The van der Waals surface area contributed by atoms with E-state index < -0.39 is 4.32 Å². The second-order valence-corrected chi connectivity index (χ2v) is 7.15. The third-order valence-electron chi connectivity index (χ3n) is 4.21. The minimum Gasteiger partial charge on any atom is -0.294 e. The van der Waals surface area contributed by atoms with Crippen LogP contribution in [0.5, 0.6) is 0 Å². The largest absolute Gasteiger partial charge is 0.294 e. The van der Waals surface area contributed by atoms with Gasteiger partial charge in [0.25, 0.3) is 0 Å². The first kappa shape index (κ1) is 15.8.